The van der Waals surface area contributed by atoms with Crippen LogP contribution in [0.2, 0.25) is 0 Å². The molecule has 0 aliphatic rings. The van der Waals surface area contributed by atoms with Crippen LogP contribution in [0.25, 0.3) is 0 Å². The highest BCUT2D eigenvalue weighted by Gasteiger charge is 2.22. The average molecular weight is 250 g/mol. The second-order valence-corrected chi connectivity index (χ2v) is 5.09. The Morgan fingerprint density at radius 2 is 1.61 bits per heavy atom. The van der Waals surface area contributed by atoms with Gasteiger partial charge in [-0.3, -0.25) is 0 Å². The Morgan fingerprint density at radius 3 is 2.11 bits per heavy atom. The first kappa shape index (κ1) is 14.6. The summed E-state index contributed by atoms with van der Waals surface area (Å²) in [7, 11) is 0. The molecule has 0 saturated carbocycles. The Hall–Kier alpha value is -1.51. The average Bonchev–Trinajstić information content (AvgIpc) is 2.34. The topological polar surface area (TPSA) is 35.5 Å². The maximum atomic E-state index is 11.6. The van der Waals surface area contributed by atoms with E-state index in [1.165, 1.54) is 0 Å². The lowest BCUT2D eigenvalue weighted by Crippen LogP contribution is -2.29. The molecule has 0 spiro atoms. The monoisotopic (exact) mass is 250 g/mol. The largest absolute Gasteiger partial charge is 0.508 e. The van der Waals surface area contributed by atoms with Gasteiger partial charge in [0.25, 0.3) is 0 Å². The molecule has 0 radical (unpaired) electrons. The normalized spacial score (nSPS) is 11.1. The number of benzene rings is 1. The van der Waals surface area contributed by atoms with Crippen LogP contribution in [-0.4, -0.2) is 12.3 Å². The molecule has 0 heterocycles. The fraction of sp³-hybridized carbons (Fsp3) is 0.533. The van der Waals surface area contributed by atoms with Gasteiger partial charge in [0.1, 0.15) is 12.7 Å². The summed E-state index contributed by atoms with van der Waals surface area (Å²) in [5, 5.41) is 0. The molecule has 0 aliphatic carbocycles. The van der Waals surface area contributed by atoms with Crippen LogP contribution in [0.5, 0.6) is 0 Å². The molecule has 100 valence electrons. The van der Waals surface area contributed by atoms with E-state index in [-0.39, 0.29) is 24.5 Å². The lowest BCUT2D eigenvalue weighted by molar-refractivity contribution is -0.0138. The van der Waals surface area contributed by atoms with E-state index in [9.17, 15) is 4.79 Å². The summed E-state index contributed by atoms with van der Waals surface area (Å²) in [5.74, 6) is 0.573. The summed E-state index contributed by atoms with van der Waals surface area (Å²) < 4.78 is 10.4. The molecular formula is C15H22O3. The molecule has 1 aromatic rings. The third-order valence-corrected chi connectivity index (χ3v) is 2.75. The zero-order valence-corrected chi connectivity index (χ0v) is 11.6. The second kappa shape index (κ2) is 7.04. The molecule has 3 heteroatoms. The maximum Gasteiger partial charge on any atom is 0.508 e. The smallest absolute Gasteiger partial charge is 0.430 e. The summed E-state index contributed by atoms with van der Waals surface area (Å²) >= 11 is 0. The van der Waals surface area contributed by atoms with E-state index in [0.717, 1.165) is 5.56 Å². The molecule has 0 aromatic heterocycles. The molecule has 0 saturated heterocycles. The second-order valence-electron chi connectivity index (χ2n) is 5.09. The Morgan fingerprint density at radius 1 is 1.06 bits per heavy atom. The van der Waals surface area contributed by atoms with Crippen molar-refractivity contribution < 1.29 is 14.3 Å². The minimum Gasteiger partial charge on any atom is -0.430 e. The van der Waals surface area contributed by atoms with E-state index in [1.807, 2.05) is 58.0 Å². The predicted molar refractivity (Wildman–Crippen MR) is 71.2 cm³/mol. The SMILES string of the molecule is CC(C)C(OC(=O)OCc1ccccc1)C(C)C. The number of carbonyl (C=O) groups is 1. The van der Waals surface area contributed by atoms with Crippen LogP contribution in [-0.2, 0) is 16.1 Å². The minimum atomic E-state index is -0.591. The van der Waals surface area contributed by atoms with Gasteiger partial charge in [-0.25, -0.2) is 4.79 Å². The number of rotatable bonds is 5. The summed E-state index contributed by atoms with van der Waals surface area (Å²) in [5.41, 5.74) is 0.958. The van der Waals surface area contributed by atoms with E-state index >= 15 is 0 Å². The van der Waals surface area contributed by atoms with Gasteiger partial charge in [-0.05, 0) is 17.4 Å². The van der Waals surface area contributed by atoms with Gasteiger partial charge in [-0.15, -0.1) is 0 Å². The van der Waals surface area contributed by atoms with Crippen molar-refractivity contribution in [3.63, 3.8) is 0 Å². The fourth-order valence-corrected chi connectivity index (χ4v) is 1.90. The van der Waals surface area contributed by atoms with Crippen LogP contribution in [0.3, 0.4) is 0 Å². The van der Waals surface area contributed by atoms with E-state index in [0.29, 0.717) is 0 Å². The summed E-state index contributed by atoms with van der Waals surface area (Å²) in [6.07, 6.45) is -0.695. The summed E-state index contributed by atoms with van der Waals surface area (Å²) in [6.45, 7) is 8.40. The summed E-state index contributed by atoms with van der Waals surface area (Å²) in [6, 6.07) is 9.57. The first-order valence-corrected chi connectivity index (χ1v) is 6.38. The number of carbonyl (C=O) groups excluding carboxylic acids is 1. The fourth-order valence-electron chi connectivity index (χ4n) is 1.90. The van der Waals surface area contributed by atoms with Crippen molar-refractivity contribution in [3.8, 4) is 0 Å². The van der Waals surface area contributed by atoms with Crippen molar-refractivity contribution in [1.82, 2.24) is 0 Å². The van der Waals surface area contributed by atoms with Crippen LogP contribution >= 0.6 is 0 Å². The first-order chi connectivity index (χ1) is 8.50. The Labute approximate surface area is 109 Å². The molecule has 0 atom stereocenters. The van der Waals surface area contributed by atoms with Crippen LogP contribution in [0.15, 0.2) is 30.3 Å². The van der Waals surface area contributed by atoms with Gasteiger partial charge in [0.05, 0.1) is 0 Å². The number of hydrogen-bond donors (Lipinski definition) is 0. The molecule has 0 aliphatic heterocycles. The van der Waals surface area contributed by atoms with Crippen LogP contribution < -0.4 is 0 Å². The van der Waals surface area contributed by atoms with E-state index in [1.54, 1.807) is 0 Å². The van der Waals surface area contributed by atoms with Crippen molar-refractivity contribution in [1.29, 1.82) is 0 Å². The van der Waals surface area contributed by atoms with E-state index in [2.05, 4.69) is 0 Å². The zero-order valence-electron chi connectivity index (χ0n) is 11.6. The van der Waals surface area contributed by atoms with Crippen molar-refractivity contribution in [2.45, 2.75) is 40.4 Å². The third-order valence-electron chi connectivity index (χ3n) is 2.75. The third kappa shape index (κ3) is 4.78. The Bertz CT molecular complexity index is 349. The van der Waals surface area contributed by atoms with Gasteiger partial charge in [-0.2, -0.15) is 0 Å². The minimum absolute atomic E-state index is 0.103. The maximum absolute atomic E-state index is 11.6. The lowest BCUT2D eigenvalue weighted by atomic mass is 9.96. The Balaban J connectivity index is 2.41. The molecule has 3 nitrogen and oxygen atoms in total. The van der Waals surface area contributed by atoms with Crippen LogP contribution in [0.1, 0.15) is 33.3 Å². The highest BCUT2D eigenvalue weighted by Crippen LogP contribution is 2.17. The molecule has 0 N–H and O–H groups in total. The van der Waals surface area contributed by atoms with Crippen molar-refractivity contribution in [3.05, 3.63) is 35.9 Å². The molecule has 0 amide bonds. The van der Waals surface area contributed by atoms with E-state index in [4.69, 9.17) is 9.47 Å². The standard InChI is InChI=1S/C15H22O3/c1-11(2)14(12(3)4)18-15(16)17-10-13-8-6-5-7-9-13/h5-9,11-12,14H,10H2,1-4H3. The van der Waals surface area contributed by atoms with Crippen molar-refractivity contribution >= 4 is 6.16 Å². The van der Waals surface area contributed by atoms with E-state index < -0.39 is 6.16 Å². The van der Waals surface area contributed by atoms with Gasteiger partial charge in [0.2, 0.25) is 0 Å². The first-order valence-electron chi connectivity index (χ1n) is 6.38. The lowest BCUT2D eigenvalue weighted by Gasteiger charge is -2.24. The Kier molecular flexibility index (Phi) is 5.69. The molecule has 0 bridgehead atoms. The number of hydrogen-bond acceptors (Lipinski definition) is 3. The molecule has 0 unspecified atom stereocenters. The summed E-state index contributed by atoms with van der Waals surface area (Å²) in [4.78, 5) is 11.6. The zero-order chi connectivity index (χ0) is 13.5. The van der Waals surface area contributed by atoms with Crippen molar-refractivity contribution in [2.24, 2.45) is 11.8 Å². The number of ether oxygens (including phenoxy) is 2. The molecular weight excluding hydrogens is 228 g/mol. The molecule has 1 rings (SSSR count). The van der Waals surface area contributed by atoms with Crippen LogP contribution in [0.4, 0.5) is 4.79 Å². The molecule has 18 heavy (non-hydrogen) atoms. The highest BCUT2D eigenvalue weighted by atomic mass is 16.7. The van der Waals surface area contributed by atoms with Gasteiger partial charge < -0.3 is 9.47 Å². The van der Waals surface area contributed by atoms with Gasteiger partial charge >= 0.3 is 6.16 Å². The van der Waals surface area contributed by atoms with Crippen LogP contribution in [0, 0.1) is 11.8 Å². The highest BCUT2D eigenvalue weighted by molar-refractivity contribution is 5.60. The van der Waals surface area contributed by atoms with Gasteiger partial charge in [0.15, 0.2) is 0 Å². The quantitative estimate of drug-likeness (QED) is 0.740. The molecule has 0 fully saturated rings. The van der Waals surface area contributed by atoms with Crippen molar-refractivity contribution in [2.75, 3.05) is 0 Å². The van der Waals surface area contributed by atoms with Gasteiger partial charge in [0, 0.05) is 0 Å². The molecule has 1 aromatic carbocycles. The predicted octanol–water partition coefficient (Wildman–Crippen LogP) is 4.02. The van der Waals surface area contributed by atoms with Gasteiger partial charge in [-0.1, -0.05) is 58.0 Å².